The van der Waals surface area contributed by atoms with Crippen molar-refractivity contribution >= 4 is 86.4 Å². The van der Waals surface area contributed by atoms with Crippen molar-refractivity contribution in [3.05, 3.63) is 113 Å². The summed E-state index contributed by atoms with van der Waals surface area (Å²) in [5.41, 5.74) is 6.31. The molecule has 2 aromatic heterocycles. The van der Waals surface area contributed by atoms with Crippen LogP contribution in [0.5, 0.6) is 0 Å². The monoisotopic (exact) mass is 575 g/mol. The molecule has 2 heterocycles. The topological polar surface area (TPSA) is 16.4 Å². The van der Waals surface area contributed by atoms with Crippen LogP contribution in [-0.2, 0) is 5.41 Å². The van der Waals surface area contributed by atoms with Crippen molar-refractivity contribution in [2.75, 3.05) is 4.90 Å². The summed E-state index contributed by atoms with van der Waals surface area (Å²) in [7, 11) is 0. The van der Waals surface area contributed by atoms with E-state index in [0.29, 0.717) is 0 Å². The van der Waals surface area contributed by atoms with E-state index in [1.54, 1.807) is 0 Å². The molecule has 0 N–H and O–H groups in total. The molecule has 0 bridgehead atoms. The van der Waals surface area contributed by atoms with Gasteiger partial charge in [-0.1, -0.05) is 91.3 Å². The van der Waals surface area contributed by atoms with E-state index < -0.39 is 0 Å². The van der Waals surface area contributed by atoms with Gasteiger partial charge in [0.1, 0.15) is 5.58 Å². The number of para-hydroxylation sites is 2. The Balaban J connectivity index is 1.64. The first-order valence-corrected chi connectivity index (χ1v) is 14.4. The van der Waals surface area contributed by atoms with Gasteiger partial charge in [0.25, 0.3) is 0 Å². The van der Waals surface area contributed by atoms with Crippen LogP contribution in [0.2, 0.25) is 0 Å². The van der Waals surface area contributed by atoms with Crippen molar-refractivity contribution in [3.63, 3.8) is 0 Å². The molecule has 2 nitrogen and oxygen atoms in total. The predicted molar refractivity (Wildman–Crippen MR) is 168 cm³/mol. The molecule has 4 heteroatoms. The quantitative estimate of drug-likeness (QED) is 0.208. The Kier molecular flexibility index (Phi) is 5.40. The summed E-state index contributed by atoms with van der Waals surface area (Å²) in [6, 6.07) is 36.7. The average Bonchev–Trinajstić information content (AvgIpc) is 3.47. The fourth-order valence-electron chi connectivity index (χ4n) is 5.39. The van der Waals surface area contributed by atoms with Crippen LogP contribution in [0.1, 0.15) is 26.3 Å². The highest BCUT2D eigenvalue weighted by atomic mass is 79.9. The number of thiophene rings is 1. The third-order valence-corrected chi connectivity index (χ3v) is 8.81. The molecule has 0 spiro atoms. The zero-order valence-electron chi connectivity index (χ0n) is 21.5. The van der Waals surface area contributed by atoms with Crippen LogP contribution < -0.4 is 4.90 Å². The summed E-state index contributed by atoms with van der Waals surface area (Å²) in [6.07, 6.45) is 0. The third kappa shape index (κ3) is 3.74. The SMILES string of the molecule is CC(C)(C)c1cc(Br)cc(N(c2ccccc2)c2cc3sc4ccccc4c3c3c2oc2ccccc23)c1. The van der Waals surface area contributed by atoms with Crippen LogP contribution in [0.3, 0.4) is 0 Å². The summed E-state index contributed by atoms with van der Waals surface area (Å²) < 4.78 is 10.3. The van der Waals surface area contributed by atoms with E-state index in [1.165, 1.54) is 31.1 Å². The first kappa shape index (κ1) is 23.5. The van der Waals surface area contributed by atoms with E-state index in [1.807, 2.05) is 17.4 Å². The minimum atomic E-state index is 0.00496. The van der Waals surface area contributed by atoms with Crippen LogP contribution in [0.4, 0.5) is 17.1 Å². The molecule has 0 saturated heterocycles. The number of halogens is 1. The standard InChI is InChI=1S/C34H26BrNOS/c1-34(2,3)21-17-22(35)19-24(18-21)36(23-11-5-4-6-12-23)27-20-30-31(26-14-8-10-16-29(26)38-30)32-25-13-7-9-15-28(25)37-33(27)32/h4-20H,1-3H3. The van der Waals surface area contributed by atoms with Gasteiger partial charge in [0.2, 0.25) is 0 Å². The van der Waals surface area contributed by atoms with Gasteiger partial charge in [-0.2, -0.15) is 0 Å². The number of rotatable bonds is 3. The molecule has 186 valence electrons. The van der Waals surface area contributed by atoms with Gasteiger partial charge in [0, 0.05) is 46.8 Å². The summed E-state index contributed by atoms with van der Waals surface area (Å²) in [4.78, 5) is 2.34. The van der Waals surface area contributed by atoms with Crippen LogP contribution in [0.25, 0.3) is 42.1 Å². The normalized spacial score (nSPS) is 12.2. The first-order chi connectivity index (χ1) is 18.4. The van der Waals surface area contributed by atoms with Crippen LogP contribution in [0, 0.1) is 0 Å². The number of benzene rings is 5. The lowest BCUT2D eigenvalue weighted by molar-refractivity contribution is 0.590. The second-order valence-electron chi connectivity index (χ2n) is 10.8. The minimum Gasteiger partial charge on any atom is -0.454 e. The smallest absolute Gasteiger partial charge is 0.160 e. The largest absolute Gasteiger partial charge is 0.454 e. The molecule has 0 aliphatic carbocycles. The zero-order chi connectivity index (χ0) is 26.0. The Bertz CT molecular complexity index is 1980. The van der Waals surface area contributed by atoms with Gasteiger partial charge in [-0.05, 0) is 59.5 Å². The Morgan fingerprint density at radius 2 is 1.39 bits per heavy atom. The Morgan fingerprint density at radius 3 is 2.18 bits per heavy atom. The molecule has 0 amide bonds. The molecule has 0 aliphatic heterocycles. The highest BCUT2D eigenvalue weighted by Crippen LogP contribution is 2.49. The van der Waals surface area contributed by atoms with E-state index in [2.05, 4.69) is 139 Å². The molecule has 0 aliphatic rings. The predicted octanol–water partition coefficient (Wildman–Crippen LogP) is 11.5. The molecule has 0 saturated carbocycles. The van der Waals surface area contributed by atoms with Gasteiger partial charge in [0.05, 0.1) is 5.69 Å². The Morgan fingerprint density at radius 1 is 0.684 bits per heavy atom. The maximum atomic E-state index is 6.71. The number of hydrogen-bond donors (Lipinski definition) is 0. The Labute approximate surface area is 234 Å². The third-order valence-electron chi connectivity index (χ3n) is 7.23. The average molecular weight is 577 g/mol. The van der Waals surface area contributed by atoms with Crippen molar-refractivity contribution in [1.82, 2.24) is 0 Å². The second kappa shape index (κ2) is 8.72. The molecule has 38 heavy (non-hydrogen) atoms. The highest BCUT2D eigenvalue weighted by molar-refractivity contribution is 9.10. The molecule has 0 unspecified atom stereocenters. The molecular formula is C34H26BrNOS. The zero-order valence-corrected chi connectivity index (χ0v) is 23.9. The summed E-state index contributed by atoms with van der Waals surface area (Å²) >= 11 is 5.66. The minimum absolute atomic E-state index is 0.00496. The van der Waals surface area contributed by atoms with Gasteiger partial charge in [0.15, 0.2) is 5.58 Å². The lowest BCUT2D eigenvalue weighted by Gasteiger charge is -2.28. The van der Waals surface area contributed by atoms with Crippen molar-refractivity contribution in [1.29, 1.82) is 0 Å². The fourth-order valence-corrected chi connectivity index (χ4v) is 7.02. The van der Waals surface area contributed by atoms with Crippen molar-refractivity contribution in [3.8, 4) is 0 Å². The van der Waals surface area contributed by atoms with Gasteiger partial charge in [-0.15, -0.1) is 11.3 Å². The number of nitrogens with zero attached hydrogens (tertiary/aromatic N) is 1. The van der Waals surface area contributed by atoms with Crippen LogP contribution in [-0.4, -0.2) is 0 Å². The number of fused-ring (bicyclic) bond motifs is 7. The maximum Gasteiger partial charge on any atom is 0.160 e. The molecular weight excluding hydrogens is 550 g/mol. The molecule has 7 rings (SSSR count). The molecule has 5 aromatic carbocycles. The fraction of sp³-hybridized carbons (Fsp3) is 0.118. The molecule has 0 fully saturated rings. The molecule has 0 radical (unpaired) electrons. The van der Waals surface area contributed by atoms with Crippen LogP contribution >= 0.6 is 27.3 Å². The van der Waals surface area contributed by atoms with Crippen molar-refractivity contribution < 1.29 is 4.42 Å². The van der Waals surface area contributed by atoms with Crippen molar-refractivity contribution in [2.45, 2.75) is 26.2 Å². The van der Waals surface area contributed by atoms with Crippen LogP contribution in [0.15, 0.2) is 112 Å². The van der Waals surface area contributed by atoms with Gasteiger partial charge in [-0.3, -0.25) is 0 Å². The van der Waals surface area contributed by atoms with Gasteiger partial charge < -0.3 is 9.32 Å². The summed E-state index contributed by atoms with van der Waals surface area (Å²) in [5.74, 6) is 0. The summed E-state index contributed by atoms with van der Waals surface area (Å²) in [5, 5.41) is 4.87. The highest BCUT2D eigenvalue weighted by Gasteiger charge is 2.25. The van der Waals surface area contributed by atoms with E-state index >= 15 is 0 Å². The van der Waals surface area contributed by atoms with E-state index in [9.17, 15) is 0 Å². The second-order valence-corrected chi connectivity index (χ2v) is 12.8. The Hall–Kier alpha value is -3.60. The molecule has 7 aromatic rings. The van der Waals surface area contributed by atoms with E-state index in [-0.39, 0.29) is 5.41 Å². The number of hydrogen-bond acceptors (Lipinski definition) is 3. The first-order valence-electron chi connectivity index (χ1n) is 12.8. The summed E-state index contributed by atoms with van der Waals surface area (Å²) in [6.45, 7) is 6.77. The number of anilines is 3. The lowest BCUT2D eigenvalue weighted by Crippen LogP contribution is -2.15. The van der Waals surface area contributed by atoms with Gasteiger partial charge in [-0.25, -0.2) is 0 Å². The maximum absolute atomic E-state index is 6.71. The lowest BCUT2D eigenvalue weighted by atomic mass is 9.87. The molecule has 0 atom stereocenters. The number of furan rings is 1. The van der Waals surface area contributed by atoms with Gasteiger partial charge >= 0.3 is 0 Å². The van der Waals surface area contributed by atoms with Crippen molar-refractivity contribution in [2.24, 2.45) is 0 Å². The van der Waals surface area contributed by atoms with E-state index in [0.717, 1.165) is 38.1 Å². The van der Waals surface area contributed by atoms with E-state index in [4.69, 9.17) is 4.42 Å².